The second-order valence-electron chi connectivity index (χ2n) is 4.41. The number of piperazine rings is 1. The van der Waals surface area contributed by atoms with Crippen LogP contribution < -0.4 is 11.1 Å². The third-order valence-corrected chi connectivity index (χ3v) is 4.34. The van der Waals surface area contributed by atoms with Crippen LogP contribution in [0.15, 0.2) is 23.1 Å². The molecule has 1 heterocycles. The number of nitrogens with zero attached hydrogens (tertiary/aromatic N) is 1. The number of benzene rings is 1. The molecule has 0 radical (unpaired) electrons. The molecule has 1 aromatic rings. The summed E-state index contributed by atoms with van der Waals surface area (Å²) in [6.07, 6.45) is 0. The van der Waals surface area contributed by atoms with E-state index >= 15 is 0 Å². The van der Waals surface area contributed by atoms with Crippen LogP contribution in [0.3, 0.4) is 0 Å². The van der Waals surface area contributed by atoms with Gasteiger partial charge < -0.3 is 11.1 Å². The van der Waals surface area contributed by atoms with Gasteiger partial charge in [0.05, 0.1) is 0 Å². The minimum Gasteiger partial charge on any atom is -0.398 e. The van der Waals surface area contributed by atoms with E-state index in [1.54, 1.807) is 0 Å². The first-order valence-corrected chi connectivity index (χ1v) is 7.17. The zero-order chi connectivity index (χ0) is 12.1. The van der Waals surface area contributed by atoms with Crippen molar-refractivity contribution in [2.45, 2.75) is 11.8 Å². The van der Waals surface area contributed by atoms with Crippen molar-refractivity contribution in [2.75, 3.05) is 44.2 Å². The van der Waals surface area contributed by atoms with Crippen LogP contribution in [0.4, 0.5) is 5.69 Å². The predicted octanol–water partition coefficient (Wildman–Crippen LogP) is 1.57. The summed E-state index contributed by atoms with van der Waals surface area (Å²) < 4.78 is 0. The molecule has 0 atom stereocenters. The molecule has 3 nitrogen and oxygen atoms in total. The maximum absolute atomic E-state index is 5.90. The lowest BCUT2D eigenvalue weighted by Gasteiger charge is -2.26. The lowest BCUT2D eigenvalue weighted by atomic mass is 10.2. The van der Waals surface area contributed by atoms with Gasteiger partial charge in [0.2, 0.25) is 0 Å². The Labute approximate surface area is 108 Å². The van der Waals surface area contributed by atoms with Crippen molar-refractivity contribution >= 4 is 17.4 Å². The molecule has 1 fully saturated rings. The van der Waals surface area contributed by atoms with Crippen LogP contribution in [-0.4, -0.2) is 43.4 Å². The van der Waals surface area contributed by atoms with E-state index in [4.69, 9.17) is 5.73 Å². The van der Waals surface area contributed by atoms with Crippen LogP contribution in [0.5, 0.6) is 0 Å². The van der Waals surface area contributed by atoms with Gasteiger partial charge in [-0.25, -0.2) is 0 Å². The van der Waals surface area contributed by atoms with E-state index in [-0.39, 0.29) is 0 Å². The molecule has 1 aliphatic rings. The summed E-state index contributed by atoms with van der Waals surface area (Å²) in [5.74, 6) is 1.14. The van der Waals surface area contributed by atoms with Crippen molar-refractivity contribution in [3.8, 4) is 0 Å². The fourth-order valence-corrected chi connectivity index (χ4v) is 3.09. The second kappa shape index (κ2) is 6.28. The van der Waals surface area contributed by atoms with Gasteiger partial charge in [0.15, 0.2) is 0 Å². The highest BCUT2D eigenvalue weighted by Gasteiger charge is 2.09. The average Bonchev–Trinajstić information content (AvgIpc) is 2.36. The molecular weight excluding hydrogens is 230 g/mol. The third-order valence-electron chi connectivity index (χ3n) is 3.20. The Bertz CT molecular complexity index is 362. The highest BCUT2D eigenvalue weighted by Crippen LogP contribution is 2.25. The van der Waals surface area contributed by atoms with Crippen LogP contribution in [0.2, 0.25) is 0 Å². The molecule has 0 aliphatic carbocycles. The normalized spacial score (nSPS) is 17.2. The summed E-state index contributed by atoms with van der Waals surface area (Å²) in [5, 5.41) is 3.37. The fourth-order valence-electron chi connectivity index (χ4n) is 2.01. The summed E-state index contributed by atoms with van der Waals surface area (Å²) >= 11 is 1.91. The molecule has 0 spiro atoms. The first-order chi connectivity index (χ1) is 8.27. The van der Waals surface area contributed by atoms with E-state index < -0.39 is 0 Å². The van der Waals surface area contributed by atoms with E-state index in [0.717, 1.165) is 24.5 Å². The minimum atomic E-state index is 0.900. The lowest BCUT2D eigenvalue weighted by molar-refractivity contribution is 0.255. The molecule has 2 rings (SSSR count). The highest BCUT2D eigenvalue weighted by atomic mass is 32.2. The molecule has 1 saturated heterocycles. The minimum absolute atomic E-state index is 0.900. The monoisotopic (exact) mass is 251 g/mol. The Morgan fingerprint density at radius 1 is 1.35 bits per heavy atom. The number of anilines is 1. The molecule has 1 aromatic carbocycles. The molecule has 0 unspecified atom stereocenters. The number of thioether (sulfide) groups is 1. The van der Waals surface area contributed by atoms with Gasteiger partial charge in [-0.15, -0.1) is 11.8 Å². The van der Waals surface area contributed by atoms with Crippen LogP contribution in [-0.2, 0) is 0 Å². The zero-order valence-corrected chi connectivity index (χ0v) is 11.2. The SMILES string of the molecule is Cc1c(N)cccc1SCCN1CCNCC1. The zero-order valence-electron chi connectivity index (χ0n) is 10.4. The molecule has 0 saturated carbocycles. The van der Waals surface area contributed by atoms with Gasteiger partial charge in [0.25, 0.3) is 0 Å². The van der Waals surface area contributed by atoms with E-state index in [9.17, 15) is 0 Å². The Morgan fingerprint density at radius 3 is 2.88 bits per heavy atom. The molecular formula is C13H21N3S. The Kier molecular flexibility index (Phi) is 4.71. The first-order valence-electron chi connectivity index (χ1n) is 6.18. The second-order valence-corrected chi connectivity index (χ2v) is 5.55. The van der Waals surface area contributed by atoms with E-state index in [1.165, 1.54) is 30.1 Å². The van der Waals surface area contributed by atoms with Gasteiger partial charge in [-0.3, -0.25) is 4.90 Å². The maximum Gasteiger partial charge on any atom is 0.0354 e. The summed E-state index contributed by atoms with van der Waals surface area (Å²) in [4.78, 5) is 3.84. The quantitative estimate of drug-likeness (QED) is 0.630. The van der Waals surface area contributed by atoms with Crippen molar-refractivity contribution in [2.24, 2.45) is 0 Å². The van der Waals surface area contributed by atoms with Gasteiger partial charge in [0, 0.05) is 49.1 Å². The molecule has 1 aliphatic heterocycles. The number of hydrogen-bond acceptors (Lipinski definition) is 4. The number of rotatable bonds is 4. The van der Waals surface area contributed by atoms with Gasteiger partial charge >= 0.3 is 0 Å². The molecule has 94 valence electrons. The Balaban J connectivity index is 1.79. The summed E-state index contributed by atoms with van der Waals surface area (Å²) in [5.41, 5.74) is 8.02. The van der Waals surface area contributed by atoms with Gasteiger partial charge in [-0.1, -0.05) is 6.07 Å². The van der Waals surface area contributed by atoms with Crippen LogP contribution in [0.25, 0.3) is 0 Å². The molecule has 0 aromatic heterocycles. The third kappa shape index (κ3) is 3.63. The molecule has 0 amide bonds. The van der Waals surface area contributed by atoms with E-state index in [2.05, 4.69) is 23.2 Å². The fraction of sp³-hybridized carbons (Fsp3) is 0.538. The van der Waals surface area contributed by atoms with Crippen molar-refractivity contribution in [1.29, 1.82) is 0 Å². The number of nitrogens with two attached hydrogens (primary N) is 1. The Morgan fingerprint density at radius 2 is 2.12 bits per heavy atom. The smallest absolute Gasteiger partial charge is 0.0354 e. The van der Waals surface area contributed by atoms with Gasteiger partial charge in [-0.05, 0) is 24.6 Å². The highest BCUT2D eigenvalue weighted by molar-refractivity contribution is 7.99. The van der Waals surface area contributed by atoms with Crippen LogP contribution in [0, 0.1) is 6.92 Å². The maximum atomic E-state index is 5.90. The summed E-state index contributed by atoms with van der Waals surface area (Å²) in [7, 11) is 0. The van der Waals surface area contributed by atoms with Crippen molar-refractivity contribution in [3.05, 3.63) is 23.8 Å². The van der Waals surface area contributed by atoms with Crippen LogP contribution >= 0.6 is 11.8 Å². The lowest BCUT2D eigenvalue weighted by Crippen LogP contribution is -2.44. The number of nitrogen functional groups attached to an aromatic ring is 1. The summed E-state index contributed by atoms with van der Waals surface area (Å²) in [6.45, 7) is 7.87. The largest absolute Gasteiger partial charge is 0.398 e. The Hall–Kier alpha value is -0.710. The molecule has 4 heteroatoms. The first kappa shape index (κ1) is 12.7. The van der Waals surface area contributed by atoms with Gasteiger partial charge in [-0.2, -0.15) is 0 Å². The molecule has 0 bridgehead atoms. The standard InChI is InChI=1S/C13H21N3S/c1-11-12(14)3-2-4-13(11)17-10-9-16-7-5-15-6-8-16/h2-4,15H,5-10,14H2,1H3. The molecule has 17 heavy (non-hydrogen) atoms. The molecule has 3 N–H and O–H groups in total. The van der Waals surface area contributed by atoms with E-state index in [0.29, 0.717) is 0 Å². The van der Waals surface area contributed by atoms with Crippen molar-refractivity contribution in [1.82, 2.24) is 10.2 Å². The van der Waals surface area contributed by atoms with Crippen molar-refractivity contribution < 1.29 is 0 Å². The number of nitrogens with one attached hydrogen (secondary N) is 1. The number of hydrogen-bond donors (Lipinski definition) is 2. The summed E-state index contributed by atoms with van der Waals surface area (Å²) in [6, 6.07) is 6.17. The van der Waals surface area contributed by atoms with Crippen molar-refractivity contribution in [3.63, 3.8) is 0 Å². The average molecular weight is 251 g/mol. The van der Waals surface area contributed by atoms with Crippen LogP contribution in [0.1, 0.15) is 5.56 Å². The predicted molar refractivity (Wildman–Crippen MR) is 75.6 cm³/mol. The van der Waals surface area contributed by atoms with E-state index in [1.807, 2.05) is 23.9 Å². The topological polar surface area (TPSA) is 41.3 Å². The van der Waals surface area contributed by atoms with Gasteiger partial charge in [0.1, 0.15) is 0 Å².